The lowest BCUT2D eigenvalue weighted by Gasteiger charge is -2.59. The fourth-order valence-corrected chi connectivity index (χ4v) is 10.2. The third-order valence-electron chi connectivity index (χ3n) is 12.0. The molecule has 58 heavy (non-hydrogen) atoms. The molecule has 2 N–H and O–H groups in total. The van der Waals surface area contributed by atoms with E-state index in [1.165, 1.54) is 4.90 Å². The summed E-state index contributed by atoms with van der Waals surface area (Å²) in [6, 6.07) is 29.6. The van der Waals surface area contributed by atoms with Crippen molar-refractivity contribution in [1.82, 2.24) is 4.90 Å². The number of ether oxygens (including phenoxy) is 3. The summed E-state index contributed by atoms with van der Waals surface area (Å²) in [5.74, 6) is 0.559. The van der Waals surface area contributed by atoms with Crippen molar-refractivity contribution < 1.29 is 34.1 Å². The van der Waals surface area contributed by atoms with Gasteiger partial charge in [-0.3, -0.25) is 4.79 Å². The minimum atomic E-state index is -1.31. The second kappa shape index (κ2) is 19.4. The first kappa shape index (κ1) is 41.5. The van der Waals surface area contributed by atoms with Crippen LogP contribution in [0.25, 0.3) is 10.8 Å². The summed E-state index contributed by atoms with van der Waals surface area (Å²) in [6.45, 7) is 5.02. The minimum absolute atomic E-state index is 0.122. The van der Waals surface area contributed by atoms with Crippen molar-refractivity contribution >= 4 is 34.2 Å². The second-order valence-electron chi connectivity index (χ2n) is 15.4. The number of carbonyl (C=O) groups is 1. The average Bonchev–Trinajstić information content (AvgIpc) is 3.25. The Morgan fingerprint density at radius 2 is 1.72 bits per heavy atom. The lowest BCUT2D eigenvalue weighted by atomic mass is 9.55. The summed E-state index contributed by atoms with van der Waals surface area (Å²) < 4.78 is 20.7. The maximum Gasteiger partial charge on any atom is 0.254 e. The molecule has 1 heterocycles. The number of thioether (sulfide) groups is 1. The molecule has 3 aliphatic rings. The van der Waals surface area contributed by atoms with Crippen LogP contribution in [-0.2, 0) is 9.57 Å². The molecule has 1 saturated carbocycles. The van der Waals surface area contributed by atoms with E-state index in [1.807, 2.05) is 79.8 Å². The van der Waals surface area contributed by atoms with Gasteiger partial charge in [0.15, 0.2) is 0 Å². The fraction of sp³-hybridized carbons (Fsp3) is 0.417. The van der Waals surface area contributed by atoms with Gasteiger partial charge in [-0.15, -0.1) is 18.3 Å². The Morgan fingerprint density at radius 3 is 2.48 bits per heavy atom. The lowest BCUT2D eigenvalue weighted by Crippen LogP contribution is -2.69. The summed E-state index contributed by atoms with van der Waals surface area (Å²) in [7, 11) is 3.39. The number of allylic oxidation sites excluding steroid dienone is 1. The van der Waals surface area contributed by atoms with Crippen molar-refractivity contribution in [3.8, 4) is 11.5 Å². The number of carbonyl (C=O) groups excluding carboxylic acids is 1. The van der Waals surface area contributed by atoms with E-state index in [4.69, 9.17) is 19.0 Å². The predicted octanol–water partition coefficient (Wildman–Crippen LogP) is 9.05. The Balaban J connectivity index is 1.34. The van der Waals surface area contributed by atoms with E-state index in [-0.39, 0.29) is 49.4 Å². The highest BCUT2D eigenvalue weighted by Crippen LogP contribution is 2.62. The highest BCUT2D eigenvalue weighted by atomic mass is 32.2. The van der Waals surface area contributed by atoms with E-state index < -0.39 is 11.8 Å². The molecule has 10 heteroatoms. The summed E-state index contributed by atoms with van der Waals surface area (Å²) >= 11 is 1.76. The van der Waals surface area contributed by atoms with E-state index >= 15 is 0 Å². The van der Waals surface area contributed by atoms with Gasteiger partial charge in [-0.05, 0) is 96.3 Å². The molecule has 306 valence electrons. The zero-order chi connectivity index (χ0) is 40.5. The van der Waals surface area contributed by atoms with Crippen LogP contribution >= 0.6 is 11.8 Å². The van der Waals surface area contributed by atoms with E-state index in [9.17, 15) is 15.0 Å². The van der Waals surface area contributed by atoms with Crippen LogP contribution in [-0.4, -0.2) is 84.9 Å². The Morgan fingerprint density at radius 1 is 0.966 bits per heavy atom. The number of hydrogen-bond acceptors (Lipinski definition) is 9. The van der Waals surface area contributed by atoms with Crippen LogP contribution < -0.4 is 9.47 Å². The number of hydrogen-bond donors (Lipinski definition) is 2. The number of unbranched alkanes of at least 4 members (excludes halogenated alkanes) is 2. The number of rotatable bonds is 19. The van der Waals surface area contributed by atoms with Crippen LogP contribution in [0.15, 0.2) is 125 Å². The predicted molar refractivity (Wildman–Crippen MR) is 231 cm³/mol. The van der Waals surface area contributed by atoms with Gasteiger partial charge in [0.05, 0.1) is 24.8 Å². The van der Waals surface area contributed by atoms with Gasteiger partial charge in [0.1, 0.15) is 24.7 Å². The molecule has 1 fully saturated rings. The van der Waals surface area contributed by atoms with Gasteiger partial charge >= 0.3 is 0 Å². The molecule has 0 aromatic heterocycles. The molecule has 2 aliphatic carbocycles. The number of nitrogens with zero attached hydrogens (tertiary/aromatic N) is 2. The molecule has 1 amide bonds. The number of benzene rings is 4. The van der Waals surface area contributed by atoms with E-state index in [1.54, 1.807) is 29.8 Å². The molecule has 4 aromatic carbocycles. The maximum atomic E-state index is 14.7. The van der Waals surface area contributed by atoms with Crippen LogP contribution in [0.3, 0.4) is 0 Å². The molecular weight excluding hydrogens is 749 g/mol. The van der Waals surface area contributed by atoms with Gasteiger partial charge in [0.2, 0.25) is 5.79 Å². The molecule has 4 aromatic rings. The zero-order valence-electron chi connectivity index (χ0n) is 33.6. The molecular formula is C48H56N2O7S. The molecule has 0 saturated heterocycles. The first-order valence-electron chi connectivity index (χ1n) is 20.6. The normalized spacial score (nSPS) is 24.0. The number of aliphatic hydroxyl groups excluding tert-OH is 2. The smallest absolute Gasteiger partial charge is 0.254 e. The quantitative estimate of drug-likeness (QED) is 0.0419. The number of amides is 1. The average molecular weight is 805 g/mol. The minimum Gasteiger partial charge on any atom is -0.493 e. The van der Waals surface area contributed by atoms with Crippen molar-refractivity contribution in [2.75, 3.05) is 46.3 Å². The molecule has 7 rings (SSSR count). The molecule has 9 nitrogen and oxygen atoms in total. The monoisotopic (exact) mass is 804 g/mol. The third kappa shape index (κ3) is 8.71. The van der Waals surface area contributed by atoms with Gasteiger partial charge in [0.25, 0.3) is 5.91 Å². The van der Waals surface area contributed by atoms with Crippen LogP contribution in [0.1, 0.15) is 66.8 Å². The van der Waals surface area contributed by atoms with E-state index in [0.29, 0.717) is 37.2 Å². The lowest BCUT2D eigenvalue weighted by molar-refractivity contribution is -0.252. The van der Waals surface area contributed by atoms with Crippen molar-refractivity contribution in [2.45, 2.75) is 67.6 Å². The Bertz CT molecular complexity index is 2090. The maximum absolute atomic E-state index is 14.7. The Labute approximate surface area is 346 Å². The Hall–Kier alpha value is -4.61. The van der Waals surface area contributed by atoms with Crippen LogP contribution in [0, 0.1) is 17.8 Å². The van der Waals surface area contributed by atoms with Gasteiger partial charge in [-0.1, -0.05) is 78.7 Å². The van der Waals surface area contributed by atoms with Crippen molar-refractivity contribution in [3.63, 3.8) is 0 Å². The Kier molecular flexibility index (Phi) is 13.9. The van der Waals surface area contributed by atoms with E-state index in [2.05, 4.69) is 36.0 Å². The zero-order valence-corrected chi connectivity index (χ0v) is 34.4. The van der Waals surface area contributed by atoms with Gasteiger partial charge < -0.3 is 34.2 Å². The summed E-state index contributed by atoms with van der Waals surface area (Å²) in [4.78, 5) is 23.2. The molecule has 0 unspecified atom stereocenters. The molecule has 0 bridgehead atoms. The van der Waals surface area contributed by atoms with Crippen LogP contribution in [0.4, 0.5) is 0 Å². The molecule has 1 aliphatic heterocycles. The number of fused-ring (bicyclic) bond motifs is 3. The summed E-state index contributed by atoms with van der Waals surface area (Å²) in [5, 5.41) is 26.4. The SMILES string of the molecule is C=CCO[C@@]12Oc3ccc(OCCSc4ccccc4)cc3[C@H]3[C@H](CCCCO)[C@@H](CCCCO)C=C(C(=NOC)C[C@@H]1N(C)C(=O)c1ccc4ccccc4c1)[C@H]32. The van der Waals surface area contributed by atoms with Crippen molar-refractivity contribution in [1.29, 1.82) is 0 Å². The summed E-state index contributed by atoms with van der Waals surface area (Å²) in [5.41, 5.74) is 3.36. The first-order valence-corrected chi connectivity index (χ1v) is 21.6. The second-order valence-corrected chi connectivity index (χ2v) is 16.6. The summed E-state index contributed by atoms with van der Waals surface area (Å²) in [6.07, 6.45) is 9.28. The van der Waals surface area contributed by atoms with E-state index in [0.717, 1.165) is 64.8 Å². The number of oxime groups is 1. The molecule has 0 spiro atoms. The molecule has 0 radical (unpaired) electrons. The highest BCUT2D eigenvalue weighted by Gasteiger charge is 2.65. The van der Waals surface area contributed by atoms with Gasteiger partial charge in [0, 0.05) is 54.4 Å². The van der Waals surface area contributed by atoms with Gasteiger partial charge in [-0.2, -0.15) is 0 Å². The van der Waals surface area contributed by atoms with Crippen LogP contribution in [0.5, 0.6) is 11.5 Å². The highest BCUT2D eigenvalue weighted by molar-refractivity contribution is 7.99. The van der Waals surface area contributed by atoms with Gasteiger partial charge in [-0.25, -0.2) is 0 Å². The number of aliphatic hydroxyl groups is 2. The first-order chi connectivity index (χ1) is 28.4. The van der Waals surface area contributed by atoms with Crippen LogP contribution in [0.2, 0.25) is 0 Å². The van der Waals surface area contributed by atoms with Crippen molar-refractivity contribution in [2.24, 2.45) is 22.9 Å². The topological polar surface area (TPSA) is 110 Å². The fourth-order valence-electron chi connectivity index (χ4n) is 9.43. The standard InChI is InChI=1S/C48H56N2O7S/c1-4-26-56-48-44(50(2)47(53)36-21-20-33-14-8-9-15-34(33)29-36)32-42(49-54-3)40-30-35(16-10-12-24-51)39(19-11-13-25-52)45(46(40)48)41-31-37(22-23-43(41)57-48)55-27-28-58-38-17-6-5-7-18-38/h4-9,14-15,17-18,20-23,29-31,35,39,44-46,51-52H,1,10-13,16,19,24-28,32H2,2-3H3/t35-,39+,44-,45+,46+,48+/m0/s1. The largest absolute Gasteiger partial charge is 0.493 e. The number of likely N-dealkylation sites (N-methyl/N-ethyl adjacent to an activating group) is 1. The third-order valence-corrected chi connectivity index (χ3v) is 13.0. The molecule has 6 atom stereocenters. The van der Waals surface area contributed by atoms with Crippen molar-refractivity contribution in [3.05, 3.63) is 126 Å².